The fourth-order valence-corrected chi connectivity index (χ4v) is 2.17. The molecule has 5 nitrogen and oxygen atoms in total. The van der Waals surface area contributed by atoms with Crippen molar-refractivity contribution in [3.8, 4) is 0 Å². The van der Waals surface area contributed by atoms with Crippen molar-refractivity contribution in [3.63, 3.8) is 0 Å². The third-order valence-electron chi connectivity index (χ3n) is 3.24. The van der Waals surface area contributed by atoms with Gasteiger partial charge in [0.05, 0.1) is 6.42 Å². The number of aromatic nitrogens is 1. The number of carbonyl (C=O) groups is 1. The van der Waals surface area contributed by atoms with E-state index < -0.39 is 5.97 Å². The minimum atomic E-state index is -0.715. The first kappa shape index (κ1) is 13.0. The van der Waals surface area contributed by atoms with Crippen molar-refractivity contribution in [3.05, 3.63) is 30.1 Å². The monoisotopic (exact) mass is 249 g/mol. The molecule has 2 rings (SSSR count). The molecule has 5 heteroatoms. The number of hydrogen-bond acceptors (Lipinski definition) is 4. The van der Waals surface area contributed by atoms with Crippen molar-refractivity contribution in [2.45, 2.75) is 13.0 Å². The Morgan fingerprint density at radius 2 is 2.00 bits per heavy atom. The minimum absolute atomic E-state index is 0.239. The van der Waals surface area contributed by atoms with E-state index in [2.05, 4.69) is 20.9 Å². The molecule has 1 aliphatic heterocycles. The normalized spacial score (nSPS) is 17.8. The number of nitrogens with zero attached hydrogens (tertiary/aromatic N) is 3. The predicted octanol–water partition coefficient (Wildman–Crippen LogP) is 0.674. The van der Waals surface area contributed by atoms with E-state index in [0.29, 0.717) is 6.54 Å². The predicted molar refractivity (Wildman–Crippen MR) is 68.2 cm³/mol. The summed E-state index contributed by atoms with van der Waals surface area (Å²) in [4.78, 5) is 19.2. The minimum Gasteiger partial charge on any atom is -0.481 e. The Hall–Kier alpha value is -1.46. The zero-order valence-corrected chi connectivity index (χ0v) is 10.5. The molecule has 1 saturated heterocycles. The fourth-order valence-electron chi connectivity index (χ4n) is 2.17. The summed E-state index contributed by atoms with van der Waals surface area (Å²) in [6, 6.07) is 4.04. The standard InChI is InChI=1S/C13H19N3O2/c17-13(18)3-5-15-6-8-16(9-7-15)11-12-2-1-4-14-10-12/h1-2,4,10H,3,5-9,11H2,(H,17,18). The first-order chi connectivity index (χ1) is 8.74. The van der Waals surface area contributed by atoms with Crippen LogP contribution >= 0.6 is 0 Å². The van der Waals surface area contributed by atoms with Gasteiger partial charge in [0.1, 0.15) is 0 Å². The van der Waals surface area contributed by atoms with Gasteiger partial charge < -0.3 is 10.0 Å². The lowest BCUT2D eigenvalue weighted by Crippen LogP contribution is -2.46. The van der Waals surface area contributed by atoms with Crippen LogP contribution in [0.15, 0.2) is 24.5 Å². The van der Waals surface area contributed by atoms with Gasteiger partial charge in [-0.05, 0) is 11.6 Å². The van der Waals surface area contributed by atoms with Gasteiger partial charge in [-0.1, -0.05) is 6.07 Å². The quantitative estimate of drug-likeness (QED) is 0.831. The molecule has 18 heavy (non-hydrogen) atoms. The summed E-state index contributed by atoms with van der Waals surface area (Å²) >= 11 is 0. The van der Waals surface area contributed by atoms with Crippen LogP contribution in [0.5, 0.6) is 0 Å². The van der Waals surface area contributed by atoms with Gasteiger partial charge >= 0.3 is 5.97 Å². The lowest BCUT2D eigenvalue weighted by atomic mass is 10.2. The van der Waals surface area contributed by atoms with Crippen molar-refractivity contribution < 1.29 is 9.90 Å². The average molecular weight is 249 g/mol. The van der Waals surface area contributed by atoms with Crippen LogP contribution in [-0.4, -0.2) is 58.6 Å². The summed E-state index contributed by atoms with van der Waals surface area (Å²) in [5, 5.41) is 8.65. The SMILES string of the molecule is O=C(O)CCN1CCN(Cc2cccnc2)CC1. The number of hydrogen-bond donors (Lipinski definition) is 1. The zero-order chi connectivity index (χ0) is 12.8. The number of carboxylic acid groups (broad SMARTS) is 1. The summed E-state index contributed by atoms with van der Waals surface area (Å²) in [6.07, 6.45) is 3.92. The lowest BCUT2D eigenvalue weighted by molar-refractivity contribution is -0.137. The Kier molecular flexibility index (Phi) is 4.66. The van der Waals surface area contributed by atoms with E-state index >= 15 is 0 Å². The second kappa shape index (κ2) is 6.47. The maximum Gasteiger partial charge on any atom is 0.304 e. The molecule has 0 atom stereocenters. The van der Waals surface area contributed by atoms with Gasteiger partial charge in [0.2, 0.25) is 0 Å². The van der Waals surface area contributed by atoms with Crippen LogP contribution in [-0.2, 0) is 11.3 Å². The van der Waals surface area contributed by atoms with Crippen molar-refractivity contribution in [1.29, 1.82) is 0 Å². The van der Waals surface area contributed by atoms with Crippen molar-refractivity contribution in [2.75, 3.05) is 32.7 Å². The van der Waals surface area contributed by atoms with Crippen LogP contribution in [0.3, 0.4) is 0 Å². The first-order valence-corrected chi connectivity index (χ1v) is 6.29. The maximum atomic E-state index is 10.5. The highest BCUT2D eigenvalue weighted by Gasteiger charge is 2.17. The molecule has 1 aliphatic rings. The topological polar surface area (TPSA) is 56.7 Å². The largest absolute Gasteiger partial charge is 0.481 e. The molecule has 1 aromatic heterocycles. The molecular formula is C13H19N3O2. The van der Waals surface area contributed by atoms with E-state index in [1.807, 2.05) is 12.3 Å². The molecule has 1 N–H and O–H groups in total. The second-order valence-corrected chi connectivity index (χ2v) is 4.62. The van der Waals surface area contributed by atoms with E-state index in [0.717, 1.165) is 32.7 Å². The van der Waals surface area contributed by atoms with Gasteiger partial charge in [0.25, 0.3) is 0 Å². The Labute approximate surface area is 107 Å². The summed E-state index contributed by atoms with van der Waals surface area (Å²) in [5.41, 5.74) is 1.23. The molecular weight excluding hydrogens is 230 g/mol. The second-order valence-electron chi connectivity index (χ2n) is 4.62. The molecule has 2 heterocycles. The van der Waals surface area contributed by atoms with Crippen LogP contribution in [0.25, 0.3) is 0 Å². The Balaban J connectivity index is 1.72. The number of rotatable bonds is 5. The highest BCUT2D eigenvalue weighted by atomic mass is 16.4. The van der Waals surface area contributed by atoms with E-state index in [1.165, 1.54) is 5.56 Å². The van der Waals surface area contributed by atoms with Crippen molar-refractivity contribution in [1.82, 2.24) is 14.8 Å². The smallest absolute Gasteiger partial charge is 0.304 e. The van der Waals surface area contributed by atoms with E-state index in [9.17, 15) is 4.79 Å². The van der Waals surface area contributed by atoms with E-state index in [1.54, 1.807) is 6.20 Å². The first-order valence-electron chi connectivity index (χ1n) is 6.29. The van der Waals surface area contributed by atoms with Crippen LogP contribution in [0.1, 0.15) is 12.0 Å². The molecule has 0 radical (unpaired) electrons. The van der Waals surface area contributed by atoms with Crippen LogP contribution in [0.4, 0.5) is 0 Å². The Bertz CT molecular complexity index is 375. The number of carboxylic acids is 1. The van der Waals surface area contributed by atoms with Crippen molar-refractivity contribution >= 4 is 5.97 Å². The molecule has 1 aromatic rings. The number of aliphatic carboxylic acids is 1. The van der Waals surface area contributed by atoms with Gasteiger partial charge in [-0.25, -0.2) is 0 Å². The van der Waals surface area contributed by atoms with Gasteiger partial charge in [-0.3, -0.25) is 14.7 Å². The average Bonchev–Trinajstić information content (AvgIpc) is 2.39. The summed E-state index contributed by atoms with van der Waals surface area (Å²) < 4.78 is 0. The summed E-state index contributed by atoms with van der Waals surface area (Å²) in [6.45, 7) is 5.49. The van der Waals surface area contributed by atoms with Crippen LogP contribution in [0.2, 0.25) is 0 Å². The Morgan fingerprint density at radius 3 is 2.61 bits per heavy atom. The number of pyridine rings is 1. The molecule has 1 fully saturated rings. The van der Waals surface area contributed by atoms with E-state index in [-0.39, 0.29) is 6.42 Å². The molecule has 98 valence electrons. The third kappa shape index (κ3) is 4.09. The molecule has 0 spiro atoms. The molecule has 0 aromatic carbocycles. The van der Waals surface area contributed by atoms with E-state index in [4.69, 9.17) is 5.11 Å². The van der Waals surface area contributed by atoms with Gasteiger partial charge in [0, 0.05) is 51.7 Å². The molecule has 0 amide bonds. The van der Waals surface area contributed by atoms with Crippen molar-refractivity contribution in [2.24, 2.45) is 0 Å². The maximum absolute atomic E-state index is 10.5. The fraction of sp³-hybridized carbons (Fsp3) is 0.538. The summed E-state index contributed by atoms with van der Waals surface area (Å²) in [5.74, 6) is -0.715. The van der Waals surface area contributed by atoms with Gasteiger partial charge in [-0.2, -0.15) is 0 Å². The molecule has 0 aliphatic carbocycles. The molecule has 0 unspecified atom stereocenters. The van der Waals surface area contributed by atoms with Gasteiger partial charge in [-0.15, -0.1) is 0 Å². The lowest BCUT2D eigenvalue weighted by Gasteiger charge is -2.34. The highest BCUT2D eigenvalue weighted by molar-refractivity contribution is 5.66. The Morgan fingerprint density at radius 1 is 1.28 bits per heavy atom. The third-order valence-corrected chi connectivity index (χ3v) is 3.24. The van der Waals surface area contributed by atoms with Gasteiger partial charge in [0.15, 0.2) is 0 Å². The summed E-state index contributed by atoms with van der Waals surface area (Å²) in [7, 11) is 0. The zero-order valence-electron chi connectivity index (χ0n) is 10.5. The number of piperazine rings is 1. The molecule has 0 bridgehead atoms. The molecule has 0 saturated carbocycles. The van der Waals surface area contributed by atoms with Crippen LogP contribution in [0, 0.1) is 0 Å². The highest BCUT2D eigenvalue weighted by Crippen LogP contribution is 2.07. The van der Waals surface area contributed by atoms with Crippen LogP contribution < -0.4 is 0 Å².